The average Bonchev–Trinajstić information content (AvgIpc) is 2.52. The molecule has 0 radical (unpaired) electrons. The van der Waals surface area contributed by atoms with Crippen molar-refractivity contribution in [1.82, 2.24) is 20.2 Å². The molecule has 1 heterocycles. The van der Waals surface area contributed by atoms with Crippen molar-refractivity contribution in [2.45, 2.75) is 19.2 Å². The molecule has 7 heteroatoms. The van der Waals surface area contributed by atoms with Gasteiger partial charge in [-0.05, 0) is 5.21 Å². The predicted molar refractivity (Wildman–Crippen MR) is 47.3 cm³/mol. The van der Waals surface area contributed by atoms with Gasteiger partial charge in [0.2, 0.25) is 0 Å². The highest BCUT2D eigenvalue weighted by Gasteiger charge is 2.01. The SMILES string of the molecule is CCc1nnn(CSCC(=O)O)n1. The minimum atomic E-state index is -0.833. The lowest BCUT2D eigenvalue weighted by atomic mass is 10.5. The van der Waals surface area contributed by atoms with E-state index in [1.54, 1.807) is 0 Å². The Labute approximate surface area is 79.3 Å². The Balaban J connectivity index is 2.32. The van der Waals surface area contributed by atoms with Crippen LogP contribution in [-0.4, -0.2) is 37.0 Å². The maximum absolute atomic E-state index is 10.2. The number of carboxylic acids is 1. The van der Waals surface area contributed by atoms with Gasteiger partial charge >= 0.3 is 5.97 Å². The summed E-state index contributed by atoms with van der Waals surface area (Å²) in [4.78, 5) is 11.6. The van der Waals surface area contributed by atoms with E-state index >= 15 is 0 Å². The van der Waals surface area contributed by atoms with Crippen molar-refractivity contribution in [2.75, 3.05) is 5.75 Å². The van der Waals surface area contributed by atoms with Crippen molar-refractivity contribution in [3.8, 4) is 0 Å². The second-order valence-electron chi connectivity index (χ2n) is 2.30. The zero-order chi connectivity index (χ0) is 9.68. The molecule has 0 saturated heterocycles. The van der Waals surface area contributed by atoms with Gasteiger partial charge in [-0.15, -0.1) is 22.0 Å². The number of hydrogen-bond acceptors (Lipinski definition) is 5. The summed E-state index contributed by atoms with van der Waals surface area (Å²) in [6.07, 6.45) is 0.740. The van der Waals surface area contributed by atoms with Crippen molar-refractivity contribution in [1.29, 1.82) is 0 Å². The highest BCUT2D eigenvalue weighted by atomic mass is 32.2. The molecule has 1 rings (SSSR count). The van der Waals surface area contributed by atoms with Crippen LogP contribution in [0.15, 0.2) is 0 Å². The monoisotopic (exact) mass is 202 g/mol. The van der Waals surface area contributed by atoms with E-state index in [2.05, 4.69) is 15.4 Å². The van der Waals surface area contributed by atoms with Gasteiger partial charge in [0.25, 0.3) is 0 Å². The van der Waals surface area contributed by atoms with Gasteiger partial charge < -0.3 is 5.11 Å². The molecule has 0 unspecified atom stereocenters. The molecule has 6 nitrogen and oxygen atoms in total. The molecule has 0 spiro atoms. The Morgan fingerprint density at radius 3 is 3.00 bits per heavy atom. The van der Waals surface area contributed by atoms with Crippen LogP contribution in [-0.2, 0) is 17.1 Å². The first-order valence-corrected chi connectivity index (χ1v) is 4.94. The lowest BCUT2D eigenvalue weighted by molar-refractivity contribution is -0.133. The largest absolute Gasteiger partial charge is 0.481 e. The number of carboxylic acid groups (broad SMARTS) is 1. The van der Waals surface area contributed by atoms with Gasteiger partial charge in [-0.25, -0.2) is 0 Å². The van der Waals surface area contributed by atoms with Gasteiger partial charge in [0.15, 0.2) is 5.82 Å². The normalized spacial score (nSPS) is 10.2. The average molecular weight is 202 g/mol. The fourth-order valence-electron chi connectivity index (χ4n) is 0.687. The number of nitrogens with zero attached hydrogens (tertiary/aromatic N) is 4. The third-order valence-electron chi connectivity index (χ3n) is 1.24. The smallest absolute Gasteiger partial charge is 0.313 e. The molecule has 1 aromatic rings. The van der Waals surface area contributed by atoms with Gasteiger partial charge in [0.05, 0.1) is 5.75 Å². The predicted octanol–water partition coefficient (Wildman–Crippen LogP) is 0.0108. The second kappa shape index (κ2) is 4.80. The molecule has 0 aliphatic carbocycles. The zero-order valence-corrected chi connectivity index (χ0v) is 7.99. The van der Waals surface area contributed by atoms with Crippen LogP contribution >= 0.6 is 11.8 Å². The Hall–Kier alpha value is -1.11. The first-order valence-electron chi connectivity index (χ1n) is 3.78. The molecule has 0 fully saturated rings. The molecule has 1 N–H and O–H groups in total. The van der Waals surface area contributed by atoms with E-state index in [0.29, 0.717) is 11.7 Å². The van der Waals surface area contributed by atoms with E-state index in [1.165, 1.54) is 16.6 Å². The van der Waals surface area contributed by atoms with Crippen LogP contribution in [0.3, 0.4) is 0 Å². The summed E-state index contributed by atoms with van der Waals surface area (Å²) in [5, 5.41) is 19.9. The van der Waals surface area contributed by atoms with E-state index in [-0.39, 0.29) is 5.75 Å². The fourth-order valence-corrected chi connectivity index (χ4v) is 1.23. The third kappa shape index (κ3) is 3.41. The van der Waals surface area contributed by atoms with E-state index < -0.39 is 5.97 Å². The summed E-state index contributed by atoms with van der Waals surface area (Å²) in [5.41, 5.74) is 0. The number of aliphatic carboxylic acids is 1. The van der Waals surface area contributed by atoms with Gasteiger partial charge in [0, 0.05) is 6.42 Å². The second-order valence-corrected chi connectivity index (χ2v) is 3.26. The van der Waals surface area contributed by atoms with E-state index in [0.717, 1.165) is 6.42 Å². The molecular formula is C6H10N4O2S. The van der Waals surface area contributed by atoms with E-state index in [9.17, 15) is 4.79 Å². The van der Waals surface area contributed by atoms with Crippen LogP contribution in [0.2, 0.25) is 0 Å². The summed E-state index contributed by atoms with van der Waals surface area (Å²) in [6, 6.07) is 0. The van der Waals surface area contributed by atoms with Crippen LogP contribution in [0, 0.1) is 0 Å². The Kier molecular flexibility index (Phi) is 3.69. The maximum Gasteiger partial charge on any atom is 0.313 e. The molecule has 1 aromatic heterocycles. The number of thioether (sulfide) groups is 1. The summed E-state index contributed by atoms with van der Waals surface area (Å²) in [6.45, 7) is 1.94. The summed E-state index contributed by atoms with van der Waals surface area (Å²) >= 11 is 1.24. The third-order valence-corrected chi connectivity index (χ3v) is 2.11. The number of rotatable bonds is 5. The number of carbonyl (C=O) groups is 1. The van der Waals surface area contributed by atoms with Crippen molar-refractivity contribution in [3.05, 3.63) is 5.82 Å². The number of aryl methyl sites for hydroxylation is 1. The lowest BCUT2D eigenvalue weighted by Gasteiger charge is -1.94. The van der Waals surface area contributed by atoms with Crippen LogP contribution in [0.5, 0.6) is 0 Å². The first kappa shape index (κ1) is 9.97. The van der Waals surface area contributed by atoms with Gasteiger partial charge in [-0.2, -0.15) is 4.80 Å². The standard InChI is InChI=1S/C6H10N4O2S/c1-2-5-7-9-10(8-5)4-13-3-6(11)12/h2-4H2,1H3,(H,11,12). The molecule has 13 heavy (non-hydrogen) atoms. The molecule has 0 aliphatic heterocycles. The van der Waals surface area contributed by atoms with Crippen LogP contribution in [0.4, 0.5) is 0 Å². The molecule has 0 amide bonds. The molecule has 0 aliphatic rings. The lowest BCUT2D eigenvalue weighted by Crippen LogP contribution is -2.04. The summed E-state index contributed by atoms with van der Waals surface area (Å²) in [5.74, 6) is 0.333. The van der Waals surface area contributed by atoms with Gasteiger partial charge in [-0.1, -0.05) is 6.92 Å². The highest BCUT2D eigenvalue weighted by Crippen LogP contribution is 2.01. The van der Waals surface area contributed by atoms with E-state index in [4.69, 9.17) is 5.11 Å². The number of hydrogen-bond donors (Lipinski definition) is 1. The first-order chi connectivity index (χ1) is 6.22. The Bertz CT molecular complexity index is 288. The maximum atomic E-state index is 10.2. The Morgan fingerprint density at radius 2 is 2.46 bits per heavy atom. The zero-order valence-electron chi connectivity index (χ0n) is 7.17. The molecule has 0 bridgehead atoms. The van der Waals surface area contributed by atoms with Crippen molar-refractivity contribution in [3.63, 3.8) is 0 Å². The minimum Gasteiger partial charge on any atom is -0.481 e. The van der Waals surface area contributed by atoms with Crippen LogP contribution in [0.1, 0.15) is 12.7 Å². The summed E-state index contributed by atoms with van der Waals surface area (Å²) in [7, 11) is 0. The van der Waals surface area contributed by atoms with Crippen molar-refractivity contribution in [2.24, 2.45) is 0 Å². The number of aromatic nitrogens is 4. The molecule has 72 valence electrons. The molecule has 0 aromatic carbocycles. The topological polar surface area (TPSA) is 80.9 Å². The van der Waals surface area contributed by atoms with Crippen molar-refractivity contribution >= 4 is 17.7 Å². The molecule has 0 atom stereocenters. The van der Waals surface area contributed by atoms with Crippen molar-refractivity contribution < 1.29 is 9.90 Å². The summed E-state index contributed by atoms with van der Waals surface area (Å²) < 4.78 is 0. The highest BCUT2D eigenvalue weighted by molar-refractivity contribution is 7.98. The van der Waals surface area contributed by atoms with Gasteiger partial charge in [-0.3, -0.25) is 4.79 Å². The minimum absolute atomic E-state index is 0.0585. The van der Waals surface area contributed by atoms with Crippen LogP contribution < -0.4 is 0 Å². The van der Waals surface area contributed by atoms with Crippen LogP contribution in [0.25, 0.3) is 0 Å². The quantitative estimate of drug-likeness (QED) is 0.724. The number of tetrazole rings is 1. The molecular weight excluding hydrogens is 192 g/mol. The molecule has 0 saturated carbocycles. The fraction of sp³-hybridized carbons (Fsp3) is 0.667. The van der Waals surface area contributed by atoms with E-state index in [1.807, 2.05) is 6.92 Å². The Morgan fingerprint density at radius 1 is 1.69 bits per heavy atom. The van der Waals surface area contributed by atoms with Gasteiger partial charge in [0.1, 0.15) is 5.88 Å².